The Bertz CT molecular complexity index is 784. The Morgan fingerprint density at radius 2 is 2.07 bits per heavy atom. The first-order valence-corrected chi connectivity index (χ1v) is 11.6. The maximum atomic E-state index is 6.15. The molecule has 1 aromatic heterocycles. The number of nitrogens with one attached hydrogen (secondary N) is 2. The summed E-state index contributed by atoms with van der Waals surface area (Å²) in [5.41, 5.74) is 3.70. The van der Waals surface area contributed by atoms with Crippen molar-refractivity contribution in [3.8, 4) is 0 Å². The number of rotatable bonds is 7. The number of aliphatic imine (C=N–C) groups is 1. The quantitative estimate of drug-likeness (QED) is 0.505. The van der Waals surface area contributed by atoms with E-state index in [9.17, 15) is 0 Å². The molecule has 1 aliphatic heterocycles. The number of nitrogens with zero attached hydrogens (tertiary/aromatic N) is 2. The van der Waals surface area contributed by atoms with Crippen molar-refractivity contribution < 1.29 is 4.74 Å². The third kappa shape index (κ3) is 6.28. The molecule has 0 amide bonds. The van der Waals surface area contributed by atoms with Crippen LogP contribution in [-0.2, 0) is 11.3 Å². The highest BCUT2D eigenvalue weighted by atomic mass is 32.1. The van der Waals surface area contributed by atoms with Crippen LogP contribution < -0.4 is 10.6 Å². The van der Waals surface area contributed by atoms with Crippen molar-refractivity contribution in [3.63, 3.8) is 0 Å². The molecule has 0 aliphatic carbocycles. The van der Waals surface area contributed by atoms with E-state index in [-0.39, 0.29) is 6.10 Å². The van der Waals surface area contributed by atoms with Crippen LogP contribution in [0.2, 0.25) is 0 Å². The van der Waals surface area contributed by atoms with E-state index >= 15 is 0 Å². The van der Waals surface area contributed by atoms with E-state index in [2.05, 4.69) is 73.0 Å². The minimum Gasteiger partial charge on any atom is -0.373 e. The predicted molar refractivity (Wildman–Crippen MR) is 122 cm³/mol. The predicted octanol–water partition coefficient (Wildman–Crippen LogP) is 4.80. The lowest BCUT2D eigenvalue weighted by atomic mass is 9.89. The van der Waals surface area contributed by atoms with Gasteiger partial charge in [-0.2, -0.15) is 0 Å². The zero-order valence-electron chi connectivity index (χ0n) is 18.1. The number of aromatic nitrogens is 1. The summed E-state index contributed by atoms with van der Waals surface area (Å²) >= 11 is 1.69. The molecule has 0 spiro atoms. The van der Waals surface area contributed by atoms with E-state index in [1.807, 2.05) is 0 Å². The van der Waals surface area contributed by atoms with Crippen molar-refractivity contribution >= 4 is 17.3 Å². The van der Waals surface area contributed by atoms with Crippen LogP contribution in [0.15, 0.2) is 34.6 Å². The summed E-state index contributed by atoms with van der Waals surface area (Å²) in [4.78, 5) is 9.44. The smallest absolute Gasteiger partial charge is 0.191 e. The molecule has 2 heterocycles. The van der Waals surface area contributed by atoms with Gasteiger partial charge in [0.2, 0.25) is 0 Å². The Morgan fingerprint density at radius 3 is 2.76 bits per heavy atom. The van der Waals surface area contributed by atoms with Gasteiger partial charge in [0.25, 0.3) is 0 Å². The lowest BCUT2D eigenvalue weighted by Gasteiger charge is -2.32. The third-order valence-corrected chi connectivity index (χ3v) is 6.11. The molecule has 1 saturated heterocycles. The summed E-state index contributed by atoms with van der Waals surface area (Å²) in [6.45, 7) is 11.7. The minimum absolute atomic E-state index is 0.146. The SMILES string of the molecule is CCNC(=NCc1nc(C(C)C)cs1)NCC1CCCOC1c1ccc(C)cc1. The van der Waals surface area contributed by atoms with Gasteiger partial charge in [-0.1, -0.05) is 43.7 Å². The van der Waals surface area contributed by atoms with Gasteiger partial charge in [0.1, 0.15) is 5.01 Å². The van der Waals surface area contributed by atoms with Crippen molar-refractivity contribution in [1.29, 1.82) is 0 Å². The number of ether oxygens (including phenoxy) is 1. The number of hydrogen-bond acceptors (Lipinski definition) is 4. The van der Waals surface area contributed by atoms with Crippen LogP contribution in [0.1, 0.15) is 67.5 Å². The molecule has 2 N–H and O–H groups in total. The first-order chi connectivity index (χ1) is 14.1. The van der Waals surface area contributed by atoms with E-state index in [0.717, 1.165) is 49.2 Å². The van der Waals surface area contributed by atoms with Gasteiger partial charge in [0.15, 0.2) is 5.96 Å². The molecule has 2 unspecified atom stereocenters. The van der Waals surface area contributed by atoms with Crippen LogP contribution in [0.3, 0.4) is 0 Å². The largest absolute Gasteiger partial charge is 0.373 e. The van der Waals surface area contributed by atoms with E-state index < -0.39 is 0 Å². The normalized spacial score (nSPS) is 20.1. The molecule has 5 nitrogen and oxygen atoms in total. The molecule has 1 aliphatic rings. The van der Waals surface area contributed by atoms with Gasteiger partial charge >= 0.3 is 0 Å². The molecule has 1 aromatic carbocycles. The van der Waals surface area contributed by atoms with Crippen molar-refractivity contribution in [2.45, 2.75) is 59.1 Å². The van der Waals surface area contributed by atoms with Gasteiger partial charge in [-0.05, 0) is 38.2 Å². The lowest BCUT2D eigenvalue weighted by Crippen LogP contribution is -2.42. The van der Waals surface area contributed by atoms with E-state index in [0.29, 0.717) is 18.4 Å². The number of aryl methyl sites for hydroxylation is 1. The van der Waals surface area contributed by atoms with Crippen LogP contribution in [-0.4, -0.2) is 30.6 Å². The van der Waals surface area contributed by atoms with E-state index in [1.54, 1.807) is 11.3 Å². The van der Waals surface area contributed by atoms with Crippen LogP contribution in [0.25, 0.3) is 0 Å². The fraction of sp³-hybridized carbons (Fsp3) is 0.565. The van der Waals surface area contributed by atoms with E-state index in [4.69, 9.17) is 9.73 Å². The lowest BCUT2D eigenvalue weighted by molar-refractivity contribution is -0.0265. The Balaban J connectivity index is 1.62. The zero-order valence-corrected chi connectivity index (χ0v) is 18.9. The summed E-state index contributed by atoms with van der Waals surface area (Å²) in [5, 5.41) is 10.1. The van der Waals surface area contributed by atoms with Gasteiger partial charge in [0, 0.05) is 31.0 Å². The second-order valence-electron chi connectivity index (χ2n) is 8.00. The van der Waals surface area contributed by atoms with Crippen molar-refractivity contribution in [2.24, 2.45) is 10.9 Å². The van der Waals surface area contributed by atoms with Gasteiger partial charge < -0.3 is 15.4 Å². The summed E-state index contributed by atoms with van der Waals surface area (Å²) in [6, 6.07) is 8.74. The number of guanidine groups is 1. The van der Waals surface area contributed by atoms with Crippen molar-refractivity contribution in [1.82, 2.24) is 15.6 Å². The maximum Gasteiger partial charge on any atom is 0.191 e. The highest BCUT2D eigenvalue weighted by Gasteiger charge is 2.27. The molecule has 29 heavy (non-hydrogen) atoms. The van der Waals surface area contributed by atoms with Gasteiger partial charge in [-0.15, -0.1) is 11.3 Å². The summed E-state index contributed by atoms with van der Waals surface area (Å²) < 4.78 is 6.15. The number of benzene rings is 1. The van der Waals surface area contributed by atoms with E-state index in [1.165, 1.54) is 11.1 Å². The van der Waals surface area contributed by atoms with Gasteiger partial charge in [-0.25, -0.2) is 9.98 Å². The molecule has 3 rings (SSSR count). The summed E-state index contributed by atoms with van der Waals surface area (Å²) in [7, 11) is 0. The molecular weight excluding hydrogens is 380 g/mol. The van der Waals surface area contributed by atoms with Crippen molar-refractivity contribution in [2.75, 3.05) is 19.7 Å². The number of thiazole rings is 1. The van der Waals surface area contributed by atoms with Gasteiger partial charge in [-0.3, -0.25) is 0 Å². The monoisotopic (exact) mass is 414 g/mol. The van der Waals surface area contributed by atoms with Crippen LogP contribution in [0.4, 0.5) is 0 Å². The molecule has 6 heteroatoms. The number of hydrogen-bond donors (Lipinski definition) is 2. The second-order valence-corrected chi connectivity index (χ2v) is 8.94. The average molecular weight is 415 g/mol. The maximum absolute atomic E-state index is 6.15. The molecule has 0 bridgehead atoms. The fourth-order valence-corrected chi connectivity index (χ4v) is 4.43. The molecule has 2 aromatic rings. The topological polar surface area (TPSA) is 58.5 Å². The zero-order chi connectivity index (χ0) is 20.6. The fourth-order valence-electron chi connectivity index (χ4n) is 3.56. The Kier molecular flexibility index (Phi) is 8.07. The molecule has 2 atom stereocenters. The Labute approximate surface area is 179 Å². The first-order valence-electron chi connectivity index (χ1n) is 10.7. The van der Waals surface area contributed by atoms with Crippen molar-refractivity contribution in [3.05, 3.63) is 51.5 Å². The highest BCUT2D eigenvalue weighted by Crippen LogP contribution is 2.33. The molecule has 1 fully saturated rings. The highest BCUT2D eigenvalue weighted by molar-refractivity contribution is 7.09. The Morgan fingerprint density at radius 1 is 1.28 bits per heavy atom. The van der Waals surface area contributed by atoms with Crippen LogP contribution in [0.5, 0.6) is 0 Å². The first kappa shape index (κ1) is 21.8. The summed E-state index contributed by atoms with van der Waals surface area (Å²) in [6.07, 6.45) is 2.42. The average Bonchev–Trinajstić information content (AvgIpc) is 3.20. The summed E-state index contributed by atoms with van der Waals surface area (Å²) in [5.74, 6) is 1.74. The molecular formula is C23H34N4OS. The van der Waals surface area contributed by atoms with Crippen LogP contribution in [0, 0.1) is 12.8 Å². The molecule has 158 valence electrons. The van der Waals surface area contributed by atoms with Crippen LogP contribution >= 0.6 is 11.3 Å². The Hall–Kier alpha value is -1.92. The second kappa shape index (κ2) is 10.7. The minimum atomic E-state index is 0.146. The van der Waals surface area contributed by atoms with Gasteiger partial charge in [0.05, 0.1) is 18.3 Å². The standard InChI is InChI=1S/C23H34N4OS/c1-5-24-23(26-14-21-27-20(15-29-21)16(2)3)25-13-19-7-6-12-28-22(19)18-10-8-17(4)9-11-18/h8-11,15-16,19,22H,5-7,12-14H2,1-4H3,(H2,24,25,26). The third-order valence-electron chi connectivity index (χ3n) is 5.26. The molecule has 0 saturated carbocycles. The molecule has 0 radical (unpaired) electrons.